The minimum absolute atomic E-state index is 0.111. The molecule has 1 atom stereocenters. The number of guanidine groups is 1. The van der Waals surface area contributed by atoms with Gasteiger partial charge < -0.3 is 27.0 Å². The molecule has 2 rings (SSSR count). The molecule has 1 aromatic heterocycles. The number of anilines is 1. The number of Topliss-reactive ketones (excluding diaryl/α,β-unsaturated/α-hetero) is 1. The van der Waals surface area contributed by atoms with E-state index in [0.717, 1.165) is 17.4 Å². The topological polar surface area (TPSA) is 164 Å². The molecule has 0 aliphatic heterocycles. The molecule has 0 unspecified atom stereocenters. The molecule has 0 aliphatic rings. The van der Waals surface area contributed by atoms with Crippen LogP contribution in [0.1, 0.15) is 24.3 Å². The highest BCUT2D eigenvalue weighted by molar-refractivity contribution is 7.19. The minimum atomic E-state index is -0.831. The van der Waals surface area contributed by atoms with Gasteiger partial charge in [0.25, 0.3) is 5.91 Å². The van der Waals surface area contributed by atoms with Gasteiger partial charge in [-0.15, -0.1) is 0 Å². The largest absolute Gasteiger partial charge is 0.508 e. The molecule has 0 radical (unpaired) electrons. The maximum absolute atomic E-state index is 12.1. The molecule has 2 aromatic rings. The highest BCUT2D eigenvalue weighted by Gasteiger charge is 2.20. The van der Waals surface area contributed by atoms with Crippen molar-refractivity contribution in [1.29, 1.82) is 0 Å². The van der Waals surface area contributed by atoms with Gasteiger partial charge in [-0.25, -0.2) is 9.98 Å². The monoisotopic (exact) mass is 363 g/mol. The van der Waals surface area contributed by atoms with Crippen molar-refractivity contribution in [2.75, 3.05) is 5.32 Å². The van der Waals surface area contributed by atoms with E-state index in [-0.39, 0.29) is 34.1 Å². The van der Waals surface area contributed by atoms with Crippen molar-refractivity contribution in [2.24, 2.45) is 16.5 Å². The van der Waals surface area contributed by atoms with Crippen LogP contribution in [0.15, 0.2) is 23.2 Å². The number of ketones is 1. The predicted octanol–water partition coefficient (Wildman–Crippen LogP) is 1.02. The Bertz CT molecular complexity index is 837. The van der Waals surface area contributed by atoms with Gasteiger partial charge in [0.05, 0.1) is 4.88 Å². The first-order valence-corrected chi connectivity index (χ1v) is 7.93. The van der Waals surface area contributed by atoms with Crippen molar-refractivity contribution in [2.45, 2.75) is 19.9 Å². The SMILES string of the molecule is CC(=O)c1nc(NC(=O)[C@@H](C)N=C(N)N)sc1-c1cc(O)cc(O)c1. The number of phenolic OH excluding ortho intramolecular Hbond substituents is 2. The average Bonchev–Trinajstić information content (AvgIpc) is 2.89. The lowest BCUT2D eigenvalue weighted by atomic mass is 10.1. The highest BCUT2D eigenvalue weighted by Crippen LogP contribution is 2.37. The molecule has 25 heavy (non-hydrogen) atoms. The van der Waals surface area contributed by atoms with Crippen molar-refractivity contribution in [1.82, 2.24) is 4.98 Å². The Balaban J connectivity index is 2.38. The first-order chi connectivity index (χ1) is 11.7. The molecule has 132 valence electrons. The van der Waals surface area contributed by atoms with Crippen LogP contribution in [0.5, 0.6) is 11.5 Å². The van der Waals surface area contributed by atoms with Gasteiger partial charge in [0.15, 0.2) is 16.9 Å². The van der Waals surface area contributed by atoms with Crippen LogP contribution >= 0.6 is 11.3 Å². The van der Waals surface area contributed by atoms with Crippen LogP contribution in [0, 0.1) is 0 Å². The van der Waals surface area contributed by atoms with E-state index < -0.39 is 11.9 Å². The molecule has 1 aromatic carbocycles. The lowest BCUT2D eigenvalue weighted by Crippen LogP contribution is -2.30. The molecule has 0 spiro atoms. The van der Waals surface area contributed by atoms with E-state index in [1.54, 1.807) is 0 Å². The zero-order valence-corrected chi connectivity index (χ0v) is 14.3. The van der Waals surface area contributed by atoms with Crippen LogP contribution in [-0.4, -0.2) is 38.9 Å². The molecule has 1 amide bonds. The molecule has 10 heteroatoms. The molecule has 7 N–H and O–H groups in total. The standard InChI is InChI=1S/C15H17N5O4S/c1-6(18-14(16)17)13(24)20-15-19-11(7(2)21)12(25-15)8-3-9(22)5-10(23)4-8/h3-6,22-23H,1-2H3,(H4,16,17,18)(H,19,20,24)/t6-/m1/s1. The molecule has 0 saturated heterocycles. The van der Waals surface area contributed by atoms with E-state index in [9.17, 15) is 19.8 Å². The minimum Gasteiger partial charge on any atom is -0.508 e. The summed E-state index contributed by atoms with van der Waals surface area (Å²) in [4.78, 5) is 32.1. The van der Waals surface area contributed by atoms with E-state index in [4.69, 9.17) is 11.5 Å². The number of aromatic nitrogens is 1. The van der Waals surface area contributed by atoms with Gasteiger partial charge in [0.2, 0.25) is 0 Å². The number of nitrogens with one attached hydrogen (secondary N) is 1. The summed E-state index contributed by atoms with van der Waals surface area (Å²) in [6.07, 6.45) is 0. The fourth-order valence-electron chi connectivity index (χ4n) is 2.03. The molecule has 0 bridgehead atoms. The zero-order chi connectivity index (χ0) is 18.7. The number of thiazole rings is 1. The van der Waals surface area contributed by atoms with E-state index in [0.29, 0.717) is 10.4 Å². The second-order valence-electron chi connectivity index (χ2n) is 5.21. The van der Waals surface area contributed by atoms with E-state index in [1.807, 2.05) is 0 Å². The summed E-state index contributed by atoms with van der Waals surface area (Å²) >= 11 is 1.03. The number of hydrogen-bond donors (Lipinski definition) is 5. The third-order valence-corrected chi connectivity index (χ3v) is 4.10. The molecule has 1 heterocycles. The number of nitrogens with two attached hydrogens (primary N) is 2. The van der Waals surface area contributed by atoms with Crippen molar-refractivity contribution in [3.05, 3.63) is 23.9 Å². The molecule has 9 nitrogen and oxygen atoms in total. The Morgan fingerprint density at radius 3 is 2.36 bits per heavy atom. The molecular weight excluding hydrogens is 346 g/mol. The number of aromatic hydroxyl groups is 2. The lowest BCUT2D eigenvalue weighted by Gasteiger charge is -2.05. The number of hydrogen-bond acceptors (Lipinski definition) is 7. The van der Waals surface area contributed by atoms with Crippen LogP contribution in [0.25, 0.3) is 10.4 Å². The fourth-order valence-corrected chi connectivity index (χ4v) is 3.03. The number of carbonyl (C=O) groups is 2. The van der Waals surface area contributed by atoms with E-state index in [1.165, 1.54) is 26.0 Å². The van der Waals surface area contributed by atoms with Gasteiger partial charge >= 0.3 is 0 Å². The maximum Gasteiger partial charge on any atom is 0.250 e. The second kappa shape index (κ2) is 7.18. The molecular formula is C15H17N5O4S. The summed E-state index contributed by atoms with van der Waals surface area (Å²) < 4.78 is 0. The Labute approximate surface area is 147 Å². The number of nitrogens with zero attached hydrogens (tertiary/aromatic N) is 2. The molecule has 0 fully saturated rings. The first kappa shape index (κ1) is 18.2. The summed E-state index contributed by atoms with van der Waals surface area (Å²) in [5.74, 6) is -1.37. The number of aliphatic imine (C=N–C) groups is 1. The van der Waals surface area contributed by atoms with E-state index in [2.05, 4.69) is 15.3 Å². The van der Waals surface area contributed by atoms with Crippen molar-refractivity contribution < 1.29 is 19.8 Å². The predicted molar refractivity (Wildman–Crippen MR) is 94.8 cm³/mol. The van der Waals surface area contributed by atoms with Gasteiger partial charge in [-0.05, 0) is 19.1 Å². The van der Waals surface area contributed by atoms with Gasteiger partial charge in [-0.2, -0.15) is 0 Å². The number of benzene rings is 1. The maximum atomic E-state index is 12.1. The van der Waals surface area contributed by atoms with Gasteiger partial charge in [-0.1, -0.05) is 11.3 Å². The summed E-state index contributed by atoms with van der Waals surface area (Å²) in [5, 5.41) is 22.0. The Kier molecular flexibility index (Phi) is 5.22. The fraction of sp³-hybridized carbons (Fsp3) is 0.200. The van der Waals surface area contributed by atoms with Gasteiger partial charge in [-0.3, -0.25) is 9.59 Å². The third kappa shape index (κ3) is 4.44. The quantitative estimate of drug-likeness (QED) is 0.301. The van der Waals surface area contributed by atoms with Crippen molar-refractivity contribution in [3.63, 3.8) is 0 Å². The molecule has 0 aliphatic carbocycles. The first-order valence-electron chi connectivity index (χ1n) is 7.12. The number of rotatable bonds is 5. The van der Waals surface area contributed by atoms with Gasteiger partial charge in [0.1, 0.15) is 23.2 Å². The Morgan fingerprint density at radius 2 is 1.84 bits per heavy atom. The Morgan fingerprint density at radius 1 is 1.24 bits per heavy atom. The third-order valence-electron chi connectivity index (χ3n) is 3.08. The average molecular weight is 363 g/mol. The van der Waals surface area contributed by atoms with Crippen LogP contribution in [0.2, 0.25) is 0 Å². The summed E-state index contributed by atoms with van der Waals surface area (Å²) in [5.41, 5.74) is 11.0. The van der Waals surface area contributed by atoms with Crippen LogP contribution in [0.3, 0.4) is 0 Å². The van der Waals surface area contributed by atoms with Crippen LogP contribution in [0.4, 0.5) is 5.13 Å². The Hall–Kier alpha value is -3.14. The lowest BCUT2D eigenvalue weighted by molar-refractivity contribution is -0.117. The zero-order valence-electron chi connectivity index (χ0n) is 13.5. The number of phenols is 2. The van der Waals surface area contributed by atoms with Gasteiger partial charge in [0, 0.05) is 18.6 Å². The summed E-state index contributed by atoms with van der Waals surface area (Å²) in [7, 11) is 0. The van der Waals surface area contributed by atoms with E-state index >= 15 is 0 Å². The molecule has 0 saturated carbocycles. The van der Waals surface area contributed by atoms with Crippen molar-refractivity contribution in [3.8, 4) is 21.9 Å². The normalized spacial score (nSPS) is 11.6. The smallest absolute Gasteiger partial charge is 0.250 e. The summed E-state index contributed by atoms with van der Waals surface area (Å²) in [6.45, 7) is 2.83. The number of amides is 1. The second-order valence-corrected chi connectivity index (χ2v) is 6.21. The van der Waals surface area contributed by atoms with Crippen LogP contribution in [-0.2, 0) is 4.79 Å². The highest BCUT2D eigenvalue weighted by atomic mass is 32.1. The van der Waals surface area contributed by atoms with Crippen LogP contribution < -0.4 is 16.8 Å². The summed E-state index contributed by atoms with van der Waals surface area (Å²) in [6, 6.07) is 3.10. The van der Waals surface area contributed by atoms with Crippen molar-refractivity contribution >= 4 is 34.1 Å². The number of carbonyl (C=O) groups excluding carboxylic acids is 2.